The molecule has 7 heteroatoms. The number of carbonyl (C=O) groups excluding carboxylic acids is 4. The van der Waals surface area contributed by atoms with E-state index in [4.69, 9.17) is 5.73 Å². The zero-order chi connectivity index (χ0) is 27.7. The SMILES string of the molecule is CCC[C@H](C(N)=O)[C@@H](CC(C)C)C(=O)N[C@H]1CCCCN(Cc2cccc(C(=O)c3ccccc3)c2)C1=O. The van der Waals surface area contributed by atoms with Crippen molar-refractivity contribution < 1.29 is 19.2 Å². The molecule has 2 aromatic carbocycles. The molecule has 1 saturated heterocycles. The van der Waals surface area contributed by atoms with Gasteiger partial charge in [0, 0.05) is 36.1 Å². The quantitative estimate of drug-likeness (QED) is 0.403. The van der Waals surface area contributed by atoms with Gasteiger partial charge in [-0.1, -0.05) is 75.7 Å². The van der Waals surface area contributed by atoms with Crippen molar-refractivity contribution in [3.63, 3.8) is 0 Å². The lowest BCUT2D eigenvalue weighted by Crippen LogP contribution is -2.50. The molecule has 1 fully saturated rings. The van der Waals surface area contributed by atoms with Crippen LogP contribution < -0.4 is 11.1 Å². The average Bonchev–Trinajstić information content (AvgIpc) is 3.07. The molecule has 38 heavy (non-hydrogen) atoms. The summed E-state index contributed by atoms with van der Waals surface area (Å²) in [4.78, 5) is 53.8. The van der Waals surface area contributed by atoms with Crippen LogP contribution in [0.25, 0.3) is 0 Å². The number of primary amides is 1. The van der Waals surface area contributed by atoms with Crippen molar-refractivity contribution in [2.45, 2.75) is 71.9 Å². The van der Waals surface area contributed by atoms with E-state index in [1.807, 2.05) is 57.2 Å². The molecule has 0 unspecified atom stereocenters. The molecular formula is C31H41N3O4. The number of nitrogens with zero attached hydrogens (tertiary/aromatic N) is 1. The van der Waals surface area contributed by atoms with Crippen molar-refractivity contribution >= 4 is 23.5 Å². The Bertz CT molecular complexity index is 1120. The van der Waals surface area contributed by atoms with Crippen LogP contribution in [0.4, 0.5) is 0 Å². The van der Waals surface area contributed by atoms with Crippen molar-refractivity contribution in [1.29, 1.82) is 0 Å². The smallest absolute Gasteiger partial charge is 0.245 e. The van der Waals surface area contributed by atoms with E-state index in [0.717, 1.165) is 24.8 Å². The van der Waals surface area contributed by atoms with Crippen LogP contribution in [0.15, 0.2) is 54.6 Å². The van der Waals surface area contributed by atoms with Crippen LogP contribution in [-0.2, 0) is 20.9 Å². The Morgan fingerprint density at radius 1 is 1.00 bits per heavy atom. The zero-order valence-electron chi connectivity index (χ0n) is 22.8. The number of ketones is 1. The summed E-state index contributed by atoms with van der Waals surface area (Å²) in [6.07, 6.45) is 4.02. The highest BCUT2D eigenvalue weighted by atomic mass is 16.2. The minimum absolute atomic E-state index is 0.0629. The van der Waals surface area contributed by atoms with Gasteiger partial charge >= 0.3 is 0 Å². The second-order valence-corrected chi connectivity index (χ2v) is 10.7. The third-order valence-corrected chi connectivity index (χ3v) is 7.21. The first-order chi connectivity index (χ1) is 18.2. The average molecular weight is 520 g/mol. The van der Waals surface area contributed by atoms with E-state index >= 15 is 0 Å². The van der Waals surface area contributed by atoms with E-state index in [9.17, 15) is 19.2 Å². The van der Waals surface area contributed by atoms with Crippen molar-refractivity contribution in [2.24, 2.45) is 23.5 Å². The minimum Gasteiger partial charge on any atom is -0.369 e. The topological polar surface area (TPSA) is 110 Å². The number of hydrogen-bond acceptors (Lipinski definition) is 4. The highest BCUT2D eigenvalue weighted by Crippen LogP contribution is 2.26. The van der Waals surface area contributed by atoms with Gasteiger partial charge in [0.25, 0.3) is 0 Å². The normalized spacial score (nSPS) is 17.5. The summed E-state index contributed by atoms with van der Waals surface area (Å²) in [5.74, 6) is -1.84. The van der Waals surface area contributed by atoms with Crippen LogP contribution in [0, 0.1) is 17.8 Å². The number of hydrogen-bond donors (Lipinski definition) is 2. The Balaban J connectivity index is 1.74. The van der Waals surface area contributed by atoms with Crippen LogP contribution in [0.1, 0.15) is 80.8 Å². The summed E-state index contributed by atoms with van der Waals surface area (Å²) in [6.45, 7) is 6.93. The monoisotopic (exact) mass is 519 g/mol. The summed E-state index contributed by atoms with van der Waals surface area (Å²) < 4.78 is 0. The van der Waals surface area contributed by atoms with Gasteiger partial charge in [0.2, 0.25) is 17.7 Å². The van der Waals surface area contributed by atoms with E-state index in [1.54, 1.807) is 23.1 Å². The molecule has 204 valence electrons. The summed E-state index contributed by atoms with van der Waals surface area (Å²) in [5, 5.41) is 2.98. The Morgan fingerprint density at radius 2 is 1.71 bits per heavy atom. The number of likely N-dealkylation sites (tertiary alicyclic amines) is 1. The van der Waals surface area contributed by atoms with Crippen molar-refractivity contribution in [3.8, 4) is 0 Å². The van der Waals surface area contributed by atoms with Crippen LogP contribution in [0.2, 0.25) is 0 Å². The molecule has 1 aliphatic heterocycles. The lowest BCUT2D eigenvalue weighted by molar-refractivity contribution is -0.139. The third kappa shape index (κ3) is 7.76. The molecule has 7 nitrogen and oxygen atoms in total. The van der Waals surface area contributed by atoms with E-state index < -0.39 is 23.8 Å². The van der Waals surface area contributed by atoms with Crippen molar-refractivity contribution in [1.82, 2.24) is 10.2 Å². The Labute approximate surface area is 226 Å². The predicted molar refractivity (Wildman–Crippen MR) is 148 cm³/mol. The summed E-state index contributed by atoms with van der Waals surface area (Å²) in [6, 6.07) is 15.8. The van der Waals surface area contributed by atoms with E-state index in [-0.39, 0.29) is 23.5 Å². The Kier molecular flexibility index (Phi) is 10.6. The molecule has 0 spiro atoms. The largest absolute Gasteiger partial charge is 0.369 e. The lowest BCUT2D eigenvalue weighted by atomic mass is 9.81. The number of rotatable bonds is 12. The molecule has 1 aliphatic rings. The molecule has 0 bridgehead atoms. The number of carbonyl (C=O) groups is 4. The fourth-order valence-electron chi connectivity index (χ4n) is 5.28. The predicted octanol–water partition coefficient (Wildman–Crippen LogP) is 4.48. The number of nitrogens with one attached hydrogen (secondary N) is 1. The Hall–Kier alpha value is -3.48. The van der Waals surface area contributed by atoms with Crippen molar-refractivity contribution in [3.05, 3.63) is 71.3 Å². The molecule has 0 saturated carbocycles. The first kappa shape index (κ1) is 29.1. The maximum Gasteiger partial charge on any atom is 0.245 e. The minimum atomic E-state index is -0.649. The fraction of sp³-hybridized carbons (Fsp3) is 0.484. The van der Waals surface area contributed by atoms with Crippen LogP contribution in [-0.4, -0.2) is 41.0 Å². The van der Waals surface area contributed by atoms with Crippen LogP contribution in [0.5, 0.6) is 0 Å². The maximum atomic E-state index is 13.6. The van der Waals surface area contributed by atoms with Gasteiger partial charge in [-0.3, -0.25) is 19.2 Å². The van der Waals surface area contributed by atoms with Gasteiger partial charge < -0.3 is 16.0 Å². The molecule has 3 atom stereocenters. The maximum absolute atomic E-state index is 13.6. The van der Waals surface area contributed by atoms with Gasteiger partial charge in [-0.25, -0.2) is 0 Å². The van der Waals surface area contributed by atoms with Gasteiger partial charge in [-0.2, -0.15) is 0 Å². The second kappa shape index (κ2) is 13.9. The highest BCUT2D eigenvalue weighted by molar-refractivity contribution is 6.09. The molecule has 0 aliphatic carbocycles. The third-order valence-electron chi connectivity index (χ3n) is 7.21. The lowest BCUT2D eigenvalue weighted by Gasteiger charge is -2.29. The molecule has 0 aromatic heterocycles. The van der Waals surface area contributed by atoms with Crippen LogP contribution in [0.3, 0.4) is 0 Å². The highest BCUT2D eigenvalue weighted by Gasteiger charge is 2.35. The summed E-state index contributed by atoms with van der Waals surface area (Å²) >= 11 is 0. The number of amides is 3. The van der Waals surface area contributed by atoms with E-state index in [1.165, 1.54) is 0 Å². The standard InChI is InChI=1S/C31H41N3O4/c1-4-11-25(29(32)36)26(18-21(2)3)30(37)33-27-16-8-9-17-34(31(27)38)20-22-12-10-15-24(19-22)28(35)23-13-6-5-7-14-23/h5-7,10,12-15,19,21,25-27H,4,8-9,11,16-18,20H2,1-3H3,(H2,32,36)(H,33,37)/t25-,26+,27-/m0/s1. The molecule has 1 heterocycles. The molecule has 3 N–H and O–H groups in total. The van der Waals surface area contributed by atoms with Gasteiger partial charge in [-0.05, 0) is 49.7 Å². The molecule has 3 rings (SSSR count). The van der Waals surface area contributed by atoms with Gasteiger partial charge in [0.15, 0.2) is 5.78 Å². The fourth-order valence-corrected chi connectivity index (χ4v) is 5.28. The molecular weight excluding hydrogens is 478 g/mol. The number of benzene rings is 2. The molecule has 0 radical (unpaired) electrons. The molecule has 2 aromatic rings. The first-order valence-corrected chi connectivity index (χ1v) is 13.8. The summed E-state index contributed by atoms with van der Waals surface area (Å²) in [7, 11) is 0. The van der Waals surface area contributed by atoms with Crippen molar-refractivity contribution in [2.75, 3.05) is 6.54 Å². The van der Waals surface area contributed by atoms with Crippen LogP contribution >= 0.6 is 0 Å². The van der Waals surface area contributed by atoms with Gasteiger partial charge in [0.05, 0.1) is 0 Å². The van der Waals surface area contributed by atoms with Gasteiger partial charge in [0.1, 0.15) is 6.04 Å². The van der Waals surface area contributed by atoms with Gasteiger partial charge in [-0.15, -0.1) is 0 Å². The second-order valence-electron chi connectivity index (χ2n) is 10.7. The first-order valence-electron chi connectivity index (χ1n) is 13.8. The summed E-state index contributed by atoms with van der Waals surface area (Å²) in [5.41, 5.74) is 7.74. The zero-order valence-corrected chi connectivity index (χ0v) is 22.8. The van der Waals surface area contributed by atoms with E-state index in [2.05, 4.69) is 5.32 Å². The van der Waals surface area contributed by atoms with E-state index in [0.29, 0.717) is 43.5 Å². The Morgan fingerprint density at radius 3 is 2.37 bits per heavy atom. The molecule has 3 amide bonds. The number of nitrogens with two attached hydrogens (primary N) is 1.